The summed E-state index contributed by atoms with van der Waals surface area (Å²) in [6.45, 7) is 7.31. The summed E-state index contributed by atoms with van der Waals surface area (Å²) in [5.41, 5.74) is 3.57. The summed E-state index contributed by atoms with van der Waals surface area (Å²) < 4.78 is 28.0. The number of nitrogens with one attached hydrogen (secondary N) is 1. The molecule has 0 saturated carbocycles. The number of morpholine rings is 1. The minimum absolute atomic E-state index is 0.0286. The number of benzene rings is 1. The first kappa shape index (κ1) is 24.4. The molecule has 0 spiro atoms. The van der Waals surface area contributed by atoms with Crippen molar-refractivity contribution < 1.29 is 23.3 Å². The van der Waals surface area contributed by atoms with Gasteiger partial charge in [0, 0.05) is 38.5 Å². The highest BCUT2D eigenvalue weighted by Crippen LogP contribution is 2.43. The fraction of sp³-hybridized carbons (Fsp3) is 0.630. The lowest BCUT2D eigenvalue weighted by Crippen LogP contribution is -2.52. The molecule has 0 aliphatic carbocycles. The Bertz CT molecular complexity index is 1100. The first-order valence-corrected chi connectivity index (χ1v) is 14.4. The smallest absolute Gasteiger partial charge is 0.276 e. The Morgan fingerprint density at radius 3 is 2.75 bits per heavy atom. The number of likely N-dealkylation sites (tertiary alicyclic amines) is 1. The SMILES string of the molecule is O=C(c1[nH][n+](C2CCCN(CCC3CCOCC3)C2)c2c1CSc1c(F)cccc1-2)N1CCOCC1. The number of carbonyl (C=O) groups is 1. The maximum absolute atomic E-state index is 14.8. The molecule has 3 saturated heterocycles. The van der Waals surface area contributed by atoms with Crippen molar-refractivity contribution in [2.75, 3.05) is 59.2 Å². The zero-order valence-corrected chi connectivity index (χ0v) is 21.7. The number of aromatic amines is 1. The van der Waals surface area contributed by atoms with Gasteiger partial charge in [0.15, 0.2) is 11.7 Å². The summed E-state index contributed by atoms with van der Waals surface area (Å²) in [5, 5.41) is 3.55. The van der Waals surface area contributed by atoms with Gasteiger partial charge in [-0.05, 0) is 56.8 Å². The molecule has 1 aromatic carbocycles. The molecule has 1 unspecified atom stereocenters. The molecule has 4 aliphatic heterocycles. The standard InChI is InChI=1S/C27H35FN4O3S/c28-23-5-1-4-21-25-22(18-36-26(21)23)24(27(33)31-11-15-35-16-12-31)29-32(25)20-3-2-9-30(17-20)10-6-19-7-13-34-14-8-19/h1,4-5,19-20H,2-3,6-18H2/p+1. The van der Waals surface area contributed by atoms with Crippen molar-refractivity contribution in [3.05, 3.63) is 35.3 Å². The van der Waals surface area contributed by atoms with E-state index in [0.717, 1.165) is 68.4 Å². The highest BCUT2D eigenvalue weighted by atomic mass is 32.2. The molecule has 6 rings (SSSR count). The number of piperidine rings is 1. The van der Waals surface area contributed by atoms with Crippen LogP contribution in [0.2, 0.25) is 0 Å². The number of nitrogens with zero attached hydrogens (tertiary/aromatic N) is 3. The van der Waals surface area contributed by atoms with Crippen molar-refractivity contribution in [3.63, 3.8) is 0 Å². The number of H-pyrrole nitrogens is 1. The van der Waals surface area contributed by atoms with E-state index in [1.807, 2.05) is 11.0 Å². The van der Waals surface area contributed by atoms with Crippen LogP contribution >= 0.6 is 11.8 Å². The van der Waals surface area contributed by atoms with Gasteiger partial charge in [-0.1, -0.05) is 6.07 Å². The predicted molar refractivity (Wildman–Crippen MR) is 136 cm³/mol. The van der Waals surface area contributed by atoms with E-state index in [2.05, 4.69) is 14.7 Å². The Balaban J connectivity index is 1.30. The first-order chi connectivity index (χ1) is 17.7. The van der Waals surface area contributed by atoms with E-state index in [-0.39, 0.29) is 17.8 Å². The van der Waals surface area contributed by atoms with Gasteiger partial charge in [0.2, 0.25) is 5.69 Å². The summed E-state index contributed by atoms with van der Waals surface area (Å²) in [5.74, 6) is 1.20. The van der Waals surface area contributed by atoms with Crippen LogP contribution in [0.15, 0.2) is 23.1 Å². The monoisotopic (exact) mass is 515 g/mol. The van der Waals surface area contributed by atoms with Gasteiger partial charge in [-0.3, -0.25) is 9.69 Å². The van der Waals surface area contributed by atoms with Crippen LogP contribution in [0.1, 0.15) is 54.2 Å². The Kier molecular flexibility index (Phi) is 7.33. The maximum atomic E-state index is 14.8. The van der Waals surface area contributed by atoms with E-state index in [9.17, 15) is 9.18 Å². The van der Waals surface area contributed by atoms with E-state index in [0.29, 0.717) is 42.6 Å². The van der Waals surface area contributed by atoms with Gasteiger partial charge in [0.25, 0.3) is 5.91 Å². The van der Waals surface area contributed by atoms with Crippen molar-refractivity contribution in [2.24, 2.45) is 5.92 Å². The molecule has 0 radical (unpaired) electrons. The molecule has 0 bridgehead atoms. The van der Waals surface area contributed by atoms with Gasteiger partial charge in [0.1, 0.15) is 5.82 Å². The molecule has 194 valence electrons. The second-order valence-electron chi connectivity index (χ2n) is 10.4. The van der Waals surface area contributed by atoms with Gasteiger partial charge in [-0.25, -0.2) is 4.39 Å². The number of fused-ring (bicyclic) bond motifs is 3. The minimum Gasteiger partial charge on any atom is -0.381 e. The van der Waals surface area contributed by atoms with Crippen LogP contribution in [0, 0.1) is 11.7 Å². The van der Waals surface area contributed by atoms with Crippen LogP contribution < -0.4 is 4.68 Å². The molecule has 3 fully saturated rings. The molecule has 36 heavy (non-hydrogen) atoms. The predicted octanol–water partition coefficient (Wildman–Crippen LogP) is 3.64. The number of ether oxygens (including phenoxy) is 2. The normalized spacial score (nSPS) is 23.4. The van der Waals surface area contributed by atoms with E-state index < -0.39 is 0 Å². The van der Waals surface area contributed by atoms with Crippen LogP contribution in [-0.2, 0) is 15.2 Å². The lowest BCUT2D eigenvalue weighted by molar-refractivity contribution is -0.766. The Hall–Kier alpha value is -1.94. The minimum atomic E-state index is -0.182. The van der Waals surface area contributed by atoms with Crippen LogP contribution in [0.4, 0.5) is 4.39 Å². The fourth-order valence-corrected chi connectivity index (χ4v) is 7.24. The number of aromatic nitrogens is 2. The molecule has 7 nitrogen and oxygen atoms in total. The molecule has 1 atom stereocenters. The maximum Gasteiger partial charge on any atom is 0.276 e. The van der Waals surface area contributed by atoms with Crippen molar-refractivity contribution in [3.8, 4) is 11.3 Å². The first-order valence-electron chi connectivity index (χ1n) is 13.4. The third-order valence-electron chi connectivity index (χ3n) is 8.20. The van der Waals surface area contributed by atoms with E-state index in [1.165, 1.54) is 37.1 Å². The van der Waals surface area contributed by atoms with Crippen molar-refractivity contribution in [1.82, 2.24) is 14.9 Å². The number of amides is 1. The van der Waals surface area contributed by atoms with Crippen LogP contribution in [0.3, 0.4) is 0 Å². The van der Waals surface area contributed by atoms with Crippen molar-refractivity contribution >= 4 is 17.7 Å². The average Bonchev–Trinajstić information content (AvgIpc) is 3.33. The third-order valence-corrected chi connectivity index (χ3v) is 9.33. The Morgan fingerprint density at radius 2 is 1.92 bits per heavy atom. The number of thioether (sulfide) groups is 1. The average molecular weight is 516 g/mol. The largest absolute Gasteiger partial charge is 0.381 e. The fourth-order valence-electron chi connectivity index (χ4n) is 6.15. The van der Waals surface area contributed by atoms with Crippen LogP contribution in [0.25, 0.3) is 11.3 Å². The second kappa shape index (κ2) is 10.8. The molecule has 4 aliphatic rings. The number of hydrogen-bond donors (Lipinski definition) is 1. The molecule has 1 aromatic heterocycles. The molecule has 1 amide bonds. The number of halogens is 1. The van der Waals surface area contributed by atoms with Crippen molar-refractivity contribution in [1.29, 1.82) is 0 Å². The summed E-state index contributed by atoms with van der Waals surface area (Å²) in [6, 6.07) is 5.55. The molecule has 9 heteroatoms. The zero-order valence-electron chi connectivity index (χ0n) is 20.8. The number of rotatable bonds is 5. The van der Waals surface area contributed by atoms with Crippen molar-refractivity contribution in [2.45, 2.75) is 48.8 Å². The molecule has 2 aromatic rings. The quantitative estimate of drug-likeness (QED) is 0.617. The van der Waals surface area contributed by atoms with Gasteiger partial charge in [-0.2, -0.15) is 5.10 Å². The summed E-state index contributed by atoms with van der Waals surface area (Å²) >= 11 is 1.50. The molecular formula is C27H36FN4O3S+. The molecule has 1 N–H and O–H groups in total. The number of carbonyl (C=O) groups excluding carboxylic acids is 1. The third kappa shape index (κ3) is 4.83. The molecule has 5 heterocycles. The lowest BCUT2D eigenvalue weighted by Gasteiger charge is -2.31. The summed E-state index contributed by atoms with van der Waals surface area (Å²) in [4.78, 5) is 18.8. The Labute approximate surface area is 216 Å². The van der Waals surface area contributed by atoms with Gasteiger partial charge in [-0.15, -0.1) is 16.4 Å². The summed E-state index contributed by atoms with van der Waals surface area (Å²) in [6.07, 6.45) is 5.73. The van der Waals surface area contributed by atoms with E-state index in [4.69, 9.17) is 9.47 Å². The second-order valence-corrected chi connectivity index (χ2v) is 11.4. The highest BCUT2D eigenvalue weighted by molar-refractivity contribution is 7.98. The van der Waals surface area contributed by atoms with Crippen LogP contribution in [-0.4, -0.2) is 80.0 Å². The Morgan fingerprint density at radius 1 is 1.11 bits per heavy atom. The zero-order chi connectivity index (χ0) is 24.5. The van der Waals surface area contributed by atoms with E-state index >= 15 is 0 Å². The van der Waals surface area contributed by atoms with Gasteiger partial charge in [0.05, 0.1) is 35.8 Å². The van der Waals surface area contributed by atoms with Crippen LogP contribution in [0.5, 0.6) is 0 Å². The van der Waals surface area contributed by atoms with Gasteiger partial charge < -0.3 is 14.4 Å². The number of hydrogen-bond acceptors (Lipinski definition) is 5. The highest BCUT2D eigenvalue weighted by Gasteiger charge is 2.41. The molecular weight excluding hydrogens is 479 g/mol. The van der Waals surface area contributed by atoms with E-state index in [1.54, 1.807) is 6.07 Å². The topological polar surface area (TPSA) is 61.7 Å². The lowest BCUT2D eigenvalue weighted by atomic mass is 9.95. The van der Waals surface area contributed by atoms with Gasteiger partial charge >= 0.3 is 0 Å². The summed E-state index contributed by atoms with van der Waals surface area (Å²) in [7, 11) is 0.